The molecule has 3 aliphatic heterocycles. The summed E-state index contributed by atoms with van der Waals surface area (Å²) in [6.07, 6.45) is 4.57. The number of halogens is 1. The fourth-order valence-corrected chi connectivity index (χ4v) is 14.8. The number of Topliss-reactive ketones (excluding diaryl/α,β-unsaturated/α-hetero) is 1. The van der Waals surface area contributed by atoms with Crippen molar-refractivity contribution in [2.45, 2.75) is 205 Å². The molecule has 7 N–H and O–H groups in total. The SMILES string of the molecule is C=CCCCN(Cc1ccc(CCNC(=O)[C@]2(C)CCCN2C(=O)[C@H](Cc2ccc(OC)cc2)NC(=O)[C@@H](NC(=O)[C@@H]2[C@@H]3CCN2C(=O)[C@H](Cc2cn(CC=C)c4ccc(F)cc24)NC(=O)[C@@H](NC(=O)OC(C)(C)C)Cc2cccc(c2)CNC(=O)CO3)[C@@H](C)OCc2cn(CCNC(=O)OCc3ccccc3)nn2)cc1)C(=O)CCC(C)=O. The minimum atomic E-state index is -1.77. The van der Waals surface area contributed by atoms with Crippen LogP contribution < -0.4 is 42.0 Å². The fraction of sp³-hybridized carbons (Fsp3) is 0.443. The van der Waals surface area contributed by atoms with Gasteiger partial charge in [0.05, 0.1) is 38.7 Å². The molecule has 2 saturated heterocycles. The van der Waals surface area contributed by atoms with Crippen molar-refractivity contribution in [2.75, 3.05) is 46.4 Å². The molecule has 5 aromatic carbocycles. The number of benzene rings is 5. The zero-order valence-corrected chi connectivity index (χ0v) is 68.6. The molecule has 31 heteroatoms. The first-order valence-corrected chi connectivity index (χ1v) is 40.3. The van der Waals surface area contributed by atoms with Crippen LogP contribution in [0.4, 0.5) is 14.0 Å². The molecule has 8 atom stereocenters. The lowest BCUT2D eigenvalue weighted by atomic mass is 9.95. The Balaban J connectivity index is 0.955. The highest BCUT2D eigenvalue weighted by Gasteiger charge is 2.50. The van der Waals surface area contributed by atoms with Gasteiger partial charge in [-0.05, 0) is 149 Å². The van der Waals surface area contributed by atoms with Crippen molar-refractivity contribution in [2.24, 2.45) is 0 Å². The third-order valence-corrected chi connectivity index (χ3v) is 21.1. The topological polar surface area (TPSA) is 363 Å². The van der Waals surface area contributed by atoms with Crippen LogP contribution in [0.5, 0.6) is 5.75 Å². The van der Waals surface area contributed by atoms with Gasteiger partial charge in [-0.1, -0.05) is 108 Å². The Hall–Kier alpha value is -12.1. The number of ether oxygens (including phenoxy) is 5. The van der Waals surface area contributed by atoms with E-state index in [0.717, 1.165) is 29.5 Å². The summed E-state index contributed by atoms with van der Waals surface area (Å²) in [4.78, 5) is 164. The number of likely N-dealkylation sites (tertiary alicyclic amines) is 1. The van der Waals surface area contributed by atoms with Crippen molar-refractivity contribution in [3.8, 4) is 5.75 Å². The molecule has 2 fully saturated rings. The van der Waals surface area contributed by atoms with E-state index in [-0.39, 0.29) is 121 Å². The molecule has 10 rings (SSSR count). The number of aromatic nitrogens is 4. The predicted octanol–water partition coefficient (Wildman–Crippen LogP) is 7.49. The second-order valence-electron chi connectivity index (χ2n) is 31.4. The molecular formula is C88H109FN14O16. The van der Waals surface area contributed by atoms with Gasteiger partial charge in [0, 0.05) is 102 Å². The van der Waals surface area contributed by atoms with Gasteiger partial charge in [-0.2, -0.15) is 0 Å². The molecule has 0 aliphatic carbocycles. The molecule has 0 radical (unpaired) electrons. The minimum Gasteiger partial charge on any atom is -0.497 e. The molecule has 634 valence electrons. The largest absolute Gasteiger partial charge is 0.497 e. The van der Waals surface area contributed by atoms with Crippen LogP contribution in [0.1, 0.15) is 131 Å². The molecule has 0 spiro atoms. The quantitative estimate of drug-likeness (QED) is 0.0149. The number of allylic oxidation sites excluding steroid dienone is 2. The first-order chi connectivity index (χ1) is 57.1. The summed E-state index contributed by atoms with van der Waals surface area (Å²) in [5, 5.41) is 28.9. The van der Waals surface area contributed by atoms with Crippen molar-refractivity contribution in [3.05, 3.63) is 209 Å². The summed E-state index contributed by atoms with van der Waals surface area (Å²) in [5.74, 6) is -5.60. The molecular weight excluding hydrogens is 1530 g/mol. The number of amides is 10. The Bertz CT molecular complexity index is 4740. The van der Waals surface area contributed by atoms with E-state index in [9.17, 15) is 28.8 Å². The summed E-state index contributed by atoms with van der Waals surface area (Å²) >= 11 is 0. The maximum Gasteiger partial charge on any atom is 0.408 e. The van der Waals surface area contributed by atoms with E-state index in [1.807, 2.05) is 54.6 Å². The van der Waals surface area contributed by atoms with E-state index in [1.165, 1.54) is 47.6 Å². The van der Waals surface area contributed by atoms with Gasteiger partial charge in [-0.25, -0.2) is 14.0 Å². The van der Waals surface area contributed by atoms with E-state index < -0.39 is 120 Å². The molecule has 7 aromatic rings. The summed E-state index contributed by atoms with van der Waals surface area (Å²) in [7, 11) is 1.50. The normalized spacial score (nSPS) is 18.4. The van der Waals surface area contributed by atoms with E-state index >= 15 is 28.4 Å². The Kier molecular flexibility index (Phi) is 31.7. The van der Waals surface area contributed by atoms with Gasteiger partial charge in [-0.15, -0.1) is 18.3 Å². The first kappa shape index (κ1) is 89.2. The average molecular weight is 1640 g/mol. The summed E-state index contributed by atoms with van der Waals surface area (Å²) < 4.78 is 48.0. The van der Waals surface area contributed by atoms with E-state index in [1.54, 1.807) is 116 Å². The van der Waals surface area contributed by atoms with E-state index in [2.05, 4.69) is 60.7 Å². The Morgan fingerprint density at radius 1 is 0.824 bits per heavy atom. The van der Waals surface area contributed by atoms with Gasteiger partial charge in [-0.3, -0.25) is 43.0 Å². The third-order valence-electron chi connectivity index (χ3n) is 21.1. The van der Waals surface area contributed by atoms with Crippen LogP contribution in [-0.4, -0.2) is 199 Å². The van der Waals surface area contributed by atoms with Crippen molar-refractivity contribution < 1.29 is 80.8 Å². The highest BCUT2D eigenvalue weighted by atomic mass is 19.1. The van der Waals surface area contributed by atoms with Crippen molar-refractivity contribution in [3.63, 3.8) is 0 Å². The van der Waals surface area contributed by atoms with Gasteiger partial charge in [0.25, 0.3) is 0 Å². The Morgan fingerprint density at radius 3 is 2.30 bits per heavy atom. The first-order valence-electron chi connectivity index (χ1n) is 40.3. The highest BCUT2D eigenvalue weighted by Crippen LogP contribution is 2.33. The van der Waals surface area contributed by atoms with Crippen LogP contribution in [0.2, 0.25) is 0 Å². The maximum absolute atomic E-state index is 16.1. The van der Waals surface area contributed by atoms with Gasteiger partial charge in [0.15, 0.2) is 0 Å². The molecule has 30 nitrogen and oxygen atoms in total. The zero-order chi connectivity index (χ0) is 85.3. The molecule has 10 amide bonds. The van der Waals surface area contributed by atoms with E-state index in [0.29, 0.717) is 64.8 Å². The number of carbonyl (C=O) groups is 11. The molecule has 0 saturated carbocycles. The molecule has 2 aromatic heterocycles. The molecule has 4 bridgehead atoms. The van der Waals surface area contributed by atoms with E-state index in [4.69, 9.17) is 23.7 Å². The summed E-state index contributed by atoms with van der Waals surface area (Å²) in [5.41, 5.74) is 3.10. The molecule has 3 aliphatic rings. The number of hydrogen-bond acceptors (Lipinski definition) is 18. The van der Waals surface area contributed by atoms with Gasteiger partial charge < -0.3 is 85.0 Å². The minimum absolute atomic E-state index is 0.0131. The standard InChI is InChI=1S/C88H109FN14O16/c1-10-12-16-41-100(76(106)34-23-57(3)104)51-61-26-24-59(25-27-61)35-38-90-84(112)88(8)37-18-42-103(88)83(111)71(46-60-28-31-68(115-9)32-29-60)94-80(108)77(58(4)116-55-67-53-101(98-97-67)44-39-91-85(113)118-54-62-19-14-13-15-20-62)96-81(109)78-74-36-43-102(78)82(110)72(48-65-52-99(40-11-2)73-33-30-66(89)49-69(65)73)93-79(107)70(95-86(114)119-87(5,6)7)47-63-21-17-22-64(45-63)50-92-75(105)56-117-74/h10-11,13-15,17,19-22,24-33,45,49,52-53,58,70-72,74,77-78H,1-2,12,16,18,23,34-44,46-48,50-51,54-56H2,3-9H3,(H,90,112)(H,91,113)(H,92,105)(H,93,107)(H,94,108)(H,95,114)(H,96,109)/t58-,70+,71+,72+,74+,77+,78+,88+/m1/s1. The molecule has 0 unspecified atom stereocenters. The number of carbonyl (C=O) groups excluding carboxylic acids is 11. The number of nitrogens with one attached hydrogen (secondary N) is 7. The molecule has 5 heterocycles. The van der Waals surface area contributed by atoms with Gasteiger partial charge in [0.1, 0.15) is 77.6 Å². The van der Waals surface area contributed by atoms with Crippen LogP contribution in [0.3, 0.4) is 0 Å². The number of hydrogen-bond donors (Lipinski definition) is 7. The Labute approximate surface area is 692 Å². The second-order valence-corrected chi connectivity index (χ2v) is 31.4. The average Bonchev–Trinajstić information content (AvgIpc) is 1.64. The van der Waals surface area contributed by atoms with Crippen LogP contribution >= 0.6 is 0 Å². The number of ketones is 1. The van der Waals surface area contributed by atoms with Crippen LogP contribution in [-0.2, 0) is 127 Å². The van der Waals surface area contributed by atoms with Crippen LogP contribution in [0.25, 0.3) is 10.9 Å². The zero-order valence-electron chi connectivity index (χ0n) is 68.6. The smallest absolute Gasteiger partial charge is 0.408 e. The number of nitrogens with zero attached hydrogens (tertiary/aromatic N) is 7. The van der Waals surface area contributed by atoms with Gasteiger partial charge >= 0.3 is 12.2 Å². The summed E-state index contributed by atoms with van der Waals surface area (Å²) in [6.45, 7) is 17.8. The fourth-order valence-electron chi connectivity index (χ4n) is 14.8. The third kappa shape index (κ3) is 25.5. The lowest BCUT2D eigenvalue weighted by molar-refractivity contribution is -0.148. The Morgan fingerprint density at radius 2 is 1.57 bits per heavy atom. The maximum atomic E-state index is 16.1. The summed E-state index contributed by atoms with van der Waals surface area (Å²) in [6, 6.07) is 26.9. The highest BCUT2D eigenvalue weighted by molar-refractivity contribution is 5.99. The number of rotatable bonds is 35. The number of alkyl carbamates (subject to hydrolysis) is 2. The lowest BCUT2D eigenvalue weighted by Crippen LogP contribution is -2.64. The van der Waals surface area contributed by atoms with Crippen LogP contribution in [0.15, 0.2) is 159 Å². The predicted molar refractivity (Wildman–Crippen MR) is 439 cm³/mol. The molecule has 119 heavy (non-hydrogen) atoms. The van der Waals surface area contributed by atoms with Crippen molar-refractivity contribution in [1.29, 1.82) is 0 Å². The number of fused-ring (bicyclic) bond motifs is 5. The number of methoxy groups -OCH3 is 1. The van der Waals surface area contributed by atoms with Crippen molar-refractivity contribution >= 4 is 76.1 Å². The van der Waals surface area contributed by atoms with Crippen LogP contribution in [0, 0.1) is 5.82 Å². The number of unbranched alkanes of at least 4 members (excludes halogenated alkanes) is 1. The second kappa shape index (κ2) is 42.3. The van der Waals surface area contributed by atoms with Crippen molar-refractivity contribution in [1.82, 2.24) is 71.5 Å². The monoisotopic (exact) mass is 1640 g/mol. The lowest BCUT2D eigenvalue weighted by Gasteiger charge is -2.37. The van der Waals surface area contributed by atoms with Gasteiger partial charge in [0.2, 0.25) is 47.3 Å².